The van der Waals surface area contributed by atoms with E-state index in [0.717, 1.165) is 70.0 Å². The van der Waals surface area contributed by atoms with E-state index in [1.807, 2.05) is 12.3 Å². The SMILES string of the molecule is O=C(NCc1cccnc1N1CCOCC1)C1CC12CCNCC2. The molecule has 1 spiro atoms. The van der Waals surface area contributed by atoms with Crippen molar-refractivity contribution in [2.45, 2.75) is 25.8 Å². The van der Waals surface area contributed by atoms with Crippen molar-refractivity contribution in [3.05, 3.63) is 23.9 Å². The Balaban J connectivity index is 1.37. The highest BCUT2D eigenvalue weighted by atomic mass is 16.5. The fourth-order valence-electron chi connectivity index (χ4n) is 4.13. The number of aromatic nitrogens is 1. The summed E-state index contributed by atoms with van der Waals surface area (Å²) in [6, 6.07) is 4.00. The molecule has 3 heterocycles. The predicted octanol–water partition coefficient (Wildman–Crippen LogP) is 0.924. The topological polar surface area (TPSA) is 66.5 Å². The van der Waals surface area contributed by atoms with Crippen LogP contribution in [0.5, 0.6) is 0 Å². The molecule has 1 amide bonds. The first-order valence-corrected chi connectivity index (χ1v) is 9.04. The number of nitrogens with one attached hydrogen (secondary N) is 2. The minimum absolute atomic E-state index is 0.211. The van der Waals surface area contributed by atoms with Crippen molar-refractivity contribution in [1.82, 2.24) is 15.6 Å². The van der Waals surface area contributed by atoms with Crippen LogP contribution in [0.1, 0.15) is 24.8 Å². The van der Waals surface area contributed by atoms with Gasteiger partial charge in [-0.2, -0.15) is 0 Å². The van der Waals surface area contributed by atoms with Gasteiger partial charge in [-0.05, 0) is 43.8 Å². The Morgan fingerprint density at radius 1 is 1.38 bits per heavy atom. The van der Waals surface area contributed by atoms with E-state index in [2.05, 4.69) is 26.6 Å². The van der Waals surface area contributed by atoms with E-state index in [1.165, 1.54) is 0 Å². The number of ether oxygens (including phenoxy) is 1. The van der Waals surface area contributed by atoms with Gasteiger partial charge in [0.1, 0.15) is 5.82 Å². The molecule has 2 saturated heterocycles. The zero-order valence-corrected chi connectivity index (χ0v) is 14.1. The lowest BCUT2D eigenvalue weighted by atomic mass is 9.92. The summed E-state index contributed by atoms with van der Waals surface area (Å²) in [6.45, 7) is 5.85. The van der Waals surface area contributed by atoms with Gasteiger partial charge in [-0.25, -0.2) is 4.98 Å². The first-order chi connectivity index (χ1) is 11.8. The molecule has 1 aliphatic carbocycles. The summed E-state index contributed by atoms with van der Waals surface area (Å²) in [5.41, 5.74) is 1.38. The number of morpholine rings is 1. The van der Waals surface area contributed by atoms with Crippen LogP contribution in [-0.2, 0) is 16.1 Å². The van der Waals surface area contributed by atoms with Crippen LogP contribution >= 0.6 is 0 Å². The van der Waals surface area contributed by atoms with Crippen LogP contribution in [0.4, 0.5) is 5.82 Å². The summed E-state index contributed by atoms with van der Waals surface area (Å²) >= 11 is 0. The Bertz CT molecular complexity index is 594. The summed E-state index contributed by atoms with van der Waals surface area (Å²) in [6.07, 6.45) is 5.15. The molecule has 3 fully saturated rings. The van der Waals surface area contributed by atoms with Crippen molar-refractivity contribution < 1.29 is 9.53 Å². The Morgan fingerprint density at radius 3 is 2.96 bits per heavy atom. The lowest BCUT2D eigenvalue weighted by molar-refractivity contribution is -0.123. The van der Waals surface area contributed by atoms with Gasteiger partial charge in [0.05, 0.1) is 13.2 Å². The van der Waals surface area contributed by atoms with Crippen LogP contribution in [0.25, 0.3) is 0 Å². The van der Waals surface area contributed by atoms with E-state index < -0.39 is 0 Å². The molecule has 1 aromatic heterocycles. The zero-order valence-electron chi connectivity index (χ0n) is 14.1. The average Bonchev–Trinajstić information content (AvgIpc) is 3.34. The van der Waals surface area contributed by atoms with Crippen LogP contribution in [0, 0.1) is 11.3 Å². The molecule has 6 heteroatoms. The molecule has 1 atom stereocenters. The van der Waals surface area contributed by atoms with Gasteiger partial charge in [-0.1, -0.05) is 6.07 Å². The summed E-state index contributed by atoms with van der Waals surface area (Å²) in [4.78, 5) is 19.3. The number of rotatable bonds is 4. The number of carbonyl (C=O) groups excluding carboxylic acids is 1. The third-order valence-corrected chi connectivity index (χ3v) is 5.74. The second-order valence-electron chi connectivity index (χ2n) is 7.17. The standard InChI is InChI=1S/C18H26N4O2/c23-17(15-12-18(15)3-6-19-7-4-18)21-13-14-2-1-5-20-16(14)22-8-10-24-11-9-22/h1-2,5,15,19H,3-4,6-13H2,(H,21,23). The molecule has 0 bridgehead atoms. The minimum Gasteiger partial charge on any atom is -0.378 e. The molecule has 1 saturated carbocycles. The van der Waals surface area contributed by atoms with Crippen molar-refractivity contribution >= 4 is 11.7 Å². The van der Waals surface area contributed by atoms with Gasteiger partial charge < -0.3 is 20.3 Å². The molecule has 0 aromatic carbocycles. The first-order valence-electron chi connectivity index (χ1n) is 9.04. The molecule has 3 aliphatic rings. The molecule has 6 nitrogen and oxygen atoms in total. The van der Waals surface area contributed by atoms with Gasteiger partial charge in [0, 0.05) is 37.3 Å². The van der Waals surface area contributed by atoms with Gasteiger partial charge in [0.15, 0.2) is 0 Å². The number of piperidine rings is 1. The third kappa shape index (κ3) is 3.13. The van der Waals surface area contributed by atoms with Gasteiger partial charge in [0.2, 0.25) is 5.91 Å². The van der Waals surface area contributed by atoms with Gasteiger partial charge in [-0.3, -0.25) is 4.79 Å². The maximum absolute atomic E-state index is 12.6. The fraction of sp³-hybridized carbons (Fsp3) is 0.667. The maximum atomic E-state index is 12.6. The molecule has 24 heavy (non-hydrogen) atoms. The van der Waals surface area contributed by atoms with E-state index in [4.69, 9.17) is 4.74 Å². The molecular weight excluding hydrogens is 304 g/mol. The van der Waals surface area contributed by atoms with Crippen LogP contribution in [0.3, 0.4) is 0 Å². The van der Waals surface area contributed by atoms with E-state index in [-0.39, 0.29) is 17.2 Å². The fourth-order valence-corrected chi connectivity index (χ4v) is 4.13. The number of amides is 1. The molecule has 2 aliphatic heterocycles. The average molecular weight is 330 g/mol. The van der Waals surface area contributed by atoms with Crippen LogP contribution in [0.15, 0.2) is 18.3 Å². The Labute approximate surface area is 143 Å². The van der Waals surface area contributed by atoms with E-state index in [0.29, 0.717) is 6.54 Å². The highest BCUT2D eigenvalue weighted by molar-refractivity contribution is 5.82. The lowest BCUT2D eigenvalue weighted by Crippen LogP contribution is -2.38. The van der Waals surface area contributed by atoms with E-state index in [1.54, 1.807) is 0 Å². The third-order valence-electron chi connectivity index (χ3n) is 5.74. The minimum atomic E-state index is 0.211. The van der Waals surface area contributed by atoms with Crippen molar-refractivity contribution in [1.29, 1.82) is 0 Å². The van der Waals surface area contributed by atoms with Crippen LogP contribution < -0.4 is 15.5 Å². The first kappa shape index (κ1) is 15.8. The number of hydrogen-bond acceptors (Lipinski definition) is 5. The monoisotopic (exact) mass is 330 g/mol. The molecule has 0 radical (unpaired) electrons. The summed E-state index contributed by atoms with van der Waals surface area (Å²) in [5.74, 6) is 1.41. The Kier molecular flexibility index (Phi) is 4.41. The predicted molar refractivity (Wildman–Crippen MR) is 91.8 cm³/mol. The number of anilines is 1. The smallest absolute Gasteiger partial charge is 0.223 e. The Morgan fingerprint density at radius 2 is 2.17 bits per heavy atom. The lowest BCUT2D eigenvalue weighted by Gasteiger charge is -2.29. The van der Waals surface area contributed by atoms with Gasteiger partial charge in [-0.15, -0.1) is 0 Å². The Hall–Kier alpha value is -1.66. The highest BCUT2D eigenvalue weighted by Gasteiger charge is 2.57. The molecule has 130 valence electrons. The second-order valence-corrected chi connectivity index (χ2v) is 7.17. The van der Waals surface area contributed by atoms with Gasteiger partial charge in [0.25, 0.3) is 0 Å². The maximum Gasteiger partial charge on any atom is 0.223 e. The van der Waals surface area contributed by atoms with Crippen molar-refractivity contribution in [3.8, 4) is 0 Å². The molecule has 4 rings (SSSR count). The van der Waals surface area contributed by atoms with Gasteiger partial charge >= 0.3 is 0 Å². The largest absolute Gasteiger partial charge is 0.378 e. The number of pyridine rings is 1. The van der Waals surface area contributed by atoms with E-state index >= 15 is 0 Å². The number of nitrogens with zero attached hydrogens (tertiary/aromatic N) is 2. The number of carbonyl (C=O) groups is 1. The quantitative estimate of drug-likeness (QED) is 0.859. The molecular formula is C18H26N4O2. The van der Waals surface area contributed by atoms with Crippen molar-refractivity contribution in [2.24, 2.45) is 11.3 Å². The highest BCUT2D eigenvalue weighted by Crippen LogP contribution is 2.58. The number of hydrogen-bond donors (Lipinski definition) is 2. The van der Waals surface area contributed by atoms with Crippen LogP contribution in [0.2, 0.25) is 0 Å². The second kappa shape index (κ2) is 6.69. The molecule has 2 N–H and O–H groups in total. The van der Waals surface area contributed by atoms with Crippen LogP contribution in [-0.4, -0.2) is 50.3 Å². The molecule has 1 aromatic rings. The van der Waals surface area contributed by atoms with E-state index in [9.17, 15) is 4.79 Å². The summed E-state index contributed by atoms with van der Waals surface area (Å²) in [5, 5.41) is 6.54. The normalized spacial score (nSPS) is 25.5. The van der Waals surface area contributed by atoms with Crippen molar-refractivity contribution in [3.63, 3.8) is 0 Å². The summed E-state index contributed by atoms with van der Waals surface area (Å²) < 4.78 is 5.42. The van der Waals surface area contributed by atoms with Crippen molar-refractivity contribution in [2.75, 3.05) is 44.3 Å². The zero-order chi connectivity index (χ0) is 16.4. The molecule has 1 unspecified atom stereocenters. The summed E-state index contributed by atoms with van der Waals surface area (Å²) in [7, 11) is 0.